The lowest BCUT2D eigenvalue weighted by atomic mass is 10.0. The SMILES string of the molecule is C=CCCCC(NCC)c1ccnnc1. The van der Waals surface area contributed by atoms with Gasteiger partial charge in [0.1, 0.15) is 0 Å². The van der Waals surface area contributed by atoms with Crippen LogP contribution in [0.1, 0.15) is 37.8 Å². The molecule has 3 nitrogen and oxygen atoms in total. The third-order valence-corrected chi connectivity index (χ3v) is 2.36. The first kappa shape index (κ1) is 11.9. The minimum atomic E-state index is 0.394. The monoisotopic (exact) mass is 205 g/mol. The topological polar surface area (TPSA) is 37.8 Å². The van der Waals surface area contributed by atoms with Gasteiger partial charge in [-0.25, -0.2) is 0 Å². The summed E-state index contributed by atoms with van der Waals surface area (Å²) in [5.74, 6) is 0. The Morgan fingerprint density at radius 2 is 2.40 bits per heavy atom. The molecule has 0 spiro atoms. The second kappa shape index (κ2) is 7.12. The number of nitrogens with one attached hydrogen (secondary N) is 1. The fraction of sp³-hybridized carbons (Fsp3) is 0.500. The predicted molar refractivity (Wildman–Crippen MR) is 62.5 cm³/mol. The summed E-state index contributed by atoms with van der Waals surface area (Å²) in [6.07, 6.45) is 8.89. The summed E-state index contributed by atoms with van der Waals surface area (Å²) in [6, 6.07) is 2.42. The van der Waals surface area contributed by atoms with Crippen molar-refractivity contribution in [1.82, 2.24) is 15.5 Å². The van der Waals surface area contributed by atoms with Gasteiger partial charge in [-0.1, -0.05) is 13.0 Å². The van der Waals surface area contributed by atoms with Crippen molar-refractivity contribution in [2.24, 2.45) is 0 Å². The number of allylic oxidation sites excluding steroid dienone is 1. The molecule has 0 aromatic carbocycles. The van der Waals surface area contributed by atoms with E-state index in [0.29, 0.717) is 6.04 Å². The van der Waals surface area contributed by atoms with E-state index in [-0.39, 0.29) is 0 Å². The number of nitrogens with zero attached hydrogens (tertiary/aromatic N) is 2. The predicted octanol–water partition coefficient (Wildman–Crippen LogP) is 2.48. The van der Waals surface area contributed by atoms with Crippen LogP contribution in [0.2, 0.25) is 0 Å². The minimum Gasteiger partial charge on any atom is -0.310 e. The van der Waals surface area contributed by atoms with Gasteiger partial charge in [-0.15, -0.1) is 6.58 Å². The molecule has 1 atom stereocenters. The standard InChI is InChI=1S/C12H19N3/c1-3-5-6-7-12(13-4-2)11-8-9-14-15-10-11/h3,8-10,12-13H,1,4-7H2,2H3. The lowest BCUT2D eigenvalue weighted by Gasteiger charge is -2.17. The first-order chi connectivity index (χ1) is 7.38. The smallest absolute Gasteiger partial charge is 0.0544 e. The fourth-order valence-corrected chi connectivity index (χ4v) is 1.61. The average molecular weight is 205 g/mol. The maximum atomic E-state index is 3.91. The normalized spacial score (nSPS) is 12.3. The molecule has 82 valence electrons. The Hall–Kier alpha value is -1.22. The van der Waals surface area contributed by atoms with Crippen molar-refractivity contribution in [3.05, 3.63) is 36.7 Å². The van der Waals surface area contributed by atoms with E-state index >= 15 is 0 Å². The van der Waals surface area contributed by atoms with Gasteiger partial charge in [0, 0.05) is 12.2 Å². The number of rotatable bonds is 7. The molecule has 1 aromatic rings. The van der Waals surface area contributed by atoms with Crippen molar-refractivity contribution in [2.75, 3.05) is 6.54 Å². The Bertz CT molecular complexity index is 271. The number of unbranched alkanes of at least 4 members (excludes halogenated alkanes) is 1. The Balaban J connectivity index is 2.53. The van der Waals surface area contributed by atoms with Gasteiger partial charge < -0.3 is 5.32 Å². The van der Waals surface area contributed by atoms with Gasteiger partial charge in [-0.3, -0.25) is 0 Å². The van der Waals surface area contributed by atoms with Gasteiger partial charge >= 0.3 is 0 Å². The van der Waals surface area contributed by atoms with E-state index in [9.17, 15) is 0 Å². The molecule has 0 aliphatic carbocycles. The third kappa shape index (κ3) is 4.21. The molecule has 0 bridgehead atoms. The second-order valence-corrected chi connectivity index (χ2v) is 3.51. The molecule has 0 amide bonds. The van der Waals surface area contributed by atoms with Crippen molar-refractivity contribution in [3.63, 3.8) is 0 Å². The minimum absolute atomic E-state index is 0.394. The maximum absolute atomic E-state index is 3.91. The Labute approximate surface area is 91.6 Å². The number of hydrogen-bond donors (Lipinski definition) is 1. The molecule has 1 unspecified atom stereocenters. The molecule has 1 aromatic heterocycles. The van der Waals surface area contributed by atoms with E-state index in [0.717, 1.165) is 25.8 Å². The summed E-state index contributed by atoms with van der Waals surface area (Å²) in [7, 11) is 0. The van der Waals surface area contributed by atoms with E-state index in [1.807, 2.05) is 18.3 Å². The van der Waals surface area contributed by atoms with Gasteiger partial charge in [0.15, 0.2) is 0 Å². The molecule has 0 saturated heterocycles. The van der Waals surface area contributed by atoms with Gasteiger partial charge in [0.2, 0.25) is 0 Å². The Morgan fingerprint density at radius 1 is 1.53 bits per heavy atom. The van der Waals surface area contributed by atoms with Crippen LogP contribution in [0.15, 0.2) is 31.1 Å². The zero-order chi connectivity index (χ0) is 10.9. The van der Waals surface area contributed by atoms with Crippen LogP contribution in [-0.2, 0) is 0 Å². The van der Waals surface area contributed by atoms with Crippen LogP contribution in [0.3, 0.4) is 0 Å². The lowest BCUT2D eigenvalue weighted by molar-refractivity contribution is 0.498. The van der Waals surface area contributed by atoms with Gasteiger partial charge in [-0.05, 0) is 37.4 Å². The molecule has 0 aliphatic heterocycles. The highest BCUT2D eigenvalue weighted by Gasteiger charge is 2.09. The van der Waals surface area contributed by atoms with Crippen molar-refractivity contribution in [2.45, 2.75) is 32.2 Å². The molecule has 15 heavy (non-hydrogen) atoms. The first-order valence-electron chi connectivity index (χ1n) is 5.49. The molecule has 0 saturated carbocycles. The molecule has 0 fully saturated rings. The summed E-state index contributed by atoms with van der Waals surface area (Å²) in [6.45, 7) is 6.83. The molecule has 1 heterocycles. The maximum Gasteiger partial charge on any atom is 0.0544 e. The van der Waals surface area contributed by atoms with E-state index in [2.05, 4.69) is 29.0 Å². The highest BCUT2D eigenvalue weighted by Crippen LogP contribution is 2.17. The zero-order valence-electron chi connectivity index (χ0n) is 9.32. The van der Waals surface area contributed by atoms with Crippen LogP contribution in [0.25, 0.3) is 0 Å². The molecule has 1 rings (SSSR count). The molecule has 3 heteroatoms. The van der Waals surface area contributed by atoms with Gasteiger partial charge in [0.05, 0.1) is 6.20 Å². The summed E-state index contributed by atoms with van der Waals surface area (Å²) in [4.78, 5) is 0. The zero-order valence-corrected chi connectivity index (χ0v) is 9.32. The Kier molecular flexibility index (Phi) is 5.63. The quantitative estimate of drug-likeness (QED) is 0.549. The fourth-order valence-electron chi connectivity index (χ4n) is 1.61. The van der Waals surface area contributed by atoms with Crippen molar-refractivity contribution < 1.29 is 0 Å². The van der Waals surface area contributed by atoms with Gasteiger partial charge in [-0.2, -0.15) is 10.2 Å². The summed E-state index contributed by atoms with van der Waals surface area (Å²) < 4.78 is 0. The van der Waals surface area contributed by atoms with Crippen molar-refractivity contribution in [1.29, 1.82) is 0 Å². The lowest BCUT2D eigenvalue weighted by Crippen LogP contribution is -2.21. The number of aromatic nitrogens is 2. The van der Waals surface area contributed by atoms with Crippen LogP contribution in [0.4, 0.5) is 0 Å². The van der Waals surface area contributed by atoms with Crippen LogP contribution < -0.4 is 5.32 Å². The van der Waals surface area contributed by atoms with E-state index in [1.54, 1.807) is 6.20 Å². The molecule has 0 radical (unpaired) electrons. The van der Waals surface area contributed by atoms with Crippen LogP contribution in [-0.4, -0.2) is 16.7 Å². The highest BCUT2D eigenvalue weighted by molar-refractivity contribution is 5.11. The summed E-state index contributed by atoms with van der Waals surface area (Å²) in [5.41, 5.74) is 1.22. The third-order valence-electron chi connectivity index (χ3n) is 2.36. The summed E-state index contributed by atoms with van der Waals surface area (Å²) in [5, 5.41) is 11.2. The molecular formula is C12H19N3. The van der Waals surface area contributed by atoms with E-state index < -0.39 is 0 Å². The van der Waals surface area contributed by atoms with Crippen molar-refractivity contribution in [3.8, 4) is 0 Å². The van der Waals surface area contributed by atoms with E-state index in [1.165, 1.54) is 5.56 Å². The summed E-state index contributed by atoms with van der Waals surface area (Å²) >= 11 is 0. The van der Waals surface area contributed by atoms with Gasteiger partial charge in [0.25, 0.3) is 0 Å². The number of hydrogen-bond acceptors (Lipinski definition) is 3. The molecular weight excluding hydrogens is 186 g/mol. The first-order valence-corrected chi connectivity index (χ1v) is 5.49. The highest BCUT2D eigenvalue weighted by atomic mass is 15.1. The second-order valence-electron chi connectivity index (χ2n) is 3.51. The van der Waals surface area contributed by atoms with E-state index in [4.69, 9.17) is 0 Å². The Morgan fingerprint density at radius 3 is 3.00 bits per heavy atom. The molecule has 0 aliphatic rings. The van der Waals surface area contributed by atoms with Crippen LogP contribution in [0, 0.1) is 0 Å². The average Bonchev–Trinajstić information content (AvgIpc) is 2.29. The van der Waals surface area contributed by atoms with Crippen LogP contribution in [0.5, 0.6) is 0 Å². The molecule has 1 N–H and O–H groups in total. The van der Waals surface area contributed by atoms with Crippen molar-refractivity contribution >= 4 is 0 Å². The largest absolute Gasteiger partial charge is 0.310 e. The van der Waals surface area contributed by atoms with Crippen LogP contribution >= 0.6 is 0 Å².